The van der Waals surface area contributed by atoms with Gasteiger partial charge in [-0.25, -0.2) is 4.99 Å². The number of methoxy groups -OCH3 is 1. The molecular formula is C22H31N5O2. The van der Waals surface area contributed by atoms with Crippen LogP contribution in [0.4, 0.5) is 5.69 Å². The van der Waals surface area contributed by atoms with Gasteiger partial charge < -0.3 is 25.0 Å². The summed E-state index contributed by atoms with van der Waals surface area (Å²) in [6.45, 7) is 10.8. The summed E-state index contributed by atoms with van der Waals surface area (Å²) in [5.74, 6) is 2.10. The maximum absolute atomic E-state index is 10.1. The number of rotatable bonds is 5. The van der Waals surface area contributed by atoms with E-state index in [1.165, 1.54) is 0 Å². The van der Waals surface area contributed by atoms with E-state index in [-0.39, 0.29) is 0 Å². The number of hydrogen-bond acceptors (Lipinski definition) is 5. The van der Waals surface area contributed by atoms with Crippen molar-refractivity contribution in [3.8, 4) is 11.5 Å². The Balaban J connectivity index is 1.70. The van der Waals surface area contributed by atoms with E-state index in [1.807, 2.05) is 38.2 Å². The topological polar surface area (TPSA) is 73.2 Å². The fourth-order valence-corrected chi connectivity index (χ4v) is 3.70. The molecular weight excluding hydrogens is 366 g/mol. The van der Waals surface area contributed by atoms with Gasteiger partial charge in [-0.1, -0.05) is 12.1 Å². The maximum atomic E-state index is 10.1. The minimum absolute atomic E-state index is 0.330. The van der Waals surface area contributed by atoms with Gasteiger partial charge in [0, 0.05) is 50.0 Å². The largest absolute Gasteiger partial charge is 0.506 e. The third-order valence-corrected chi connectivity index (χ3v) is 5.26. The lowest BCUT2D eigenvalue weighted by Crippen LogP contribution is -2.52. The number of benzene rings is 1. The molecule has 0 radical (unpaired) electrons. The predicted octanol–water partition coefficient (Wildman–Crippen LogP) is 2.70. The number of aromatic nitrogens is 1. The van der Waals surface area contributed by atoms with E-state index in [9.17, 15) is 5.11 Å². The van der Waals surface area contributed by atoms with Crippen molar-refractivity contribution in [1.82, 2.24) is 15.2 Å². The summed E-state index contributed by atoms with van der Waals surface area (Å²) in [5.41, 5.74) is 3.89. The minimum Gasteiger partial charge on any atom is -0.506 e. The average Bonchev–Trinajstić information content (AvgIpc) is 2.73. The highest BCUT2D eigenvalue weighted by Gasteiger charge is 2.21. The normalized spacial score (nSPS) is 14.8. The standard InChI is InChI=1S/C22H31N5O2/c1-5-23-22(25-15-18-17(3)21(29-4)16(2)14-24-18)27-12-10-26(11-13-27)19-8-6-7-9-20(19)28/h6-9,14,28H,5,10-13,15H2,1-4H3,(H,23,25). The van der Waals surface area contributed by atoms with E-state index in [2.05, 4.69) is 27.0 Å². The van der Waals surface area contributed by atoms with Crippen molar-refractivity contribution in [3.63, 3.8) is 0 Å². The van der Waals surface area contributed by atoms with Gasteiger partial charge in [-0.2, -0.15) is 0 Å². The number of piperazine rings is 1. The van der Waals surface area contributed by atoms with Crippen LogP contribution in [0.1, 0.15) is 23.7 Å². The summed E-state index contributed by atoms with van der Waals surface area (Å²) in [6, 6.07) is 7.50. The molecule has 1 fully saturated rings. The number of pyridine rings is 1. The van der Waals surface area contributed by atoms with Crippen molar-refractivity contribution >= 4 is 11.6 Å². The Kier molecular flexibility index (Phi) is 6.80. The third-order valence-electron chi connectivity index (χ3n) is 5.26. The first kappa shape index (κ1) is 20.8. The molecule has 3 rings (SSSR count). The van der Waals surface area contributed by atoms with Crippen molar-refractivity contribution in [1.29, 1.82) is 0 Å². The van der Waals surface area contributed by atoms with Crippen LogP contribution in [0.5, 0.6) is 11.5 Å². The summed E-state index contributed by atoms with van der Waals surface area (Å²) in [7, 11) is 1.69. The lowest BCUT2D eigenvalue weighted by Gasteiger charge is -2.37. The molecule has 1 aromatic carbocycles. The van der Waals surface area contributed by atoms with Gasteiger partial charge in [0.1, 0.15) is 11.5 Å². The lowest BCUT2D eigenvalue weighted by molar-refractivity contribution is 0.369. The Morgan fingerprint density at radius 2 is 1.93 bits per heavy atom. The second-order valence-corrected chi connectivity index (χ2v) is 7.18. The smallest absolute Gasteiger partial charge is 0.194 e. The second-order valence-electron chi connectivity index (χ2n) is 7.18. The molecule has 1 saturated heterocycles. The van der Waals surface area contributed by atoms with Crippen LogP contribution in [0.3, 0.4) is 0 Å². The van der Waals surface area contributed by atoms with Crippen molar-refractivity contribution < 1.29 is 9.84 Å². The number of ether oxygens (including phenoxy) is 1. The molecule has 0 aliphatic carbocycles. The van der Waals surface area contributed by atoms with E-state index in [4.69, 9.17) is 9.73 Å². The first-order valence-corrected chi connectivity index (χ1v) is 10.1. The number of aliphatic imine (C=N–C) groups is 1. The third kappa shape index (κ3) is 4.72. The molecule has 29 heavy (non-hydrogen) atoms. The van der Waals surface area contributed by atoms with Crippen LogP contribution in [0.15, 0.2) is 35.5 Å². The molecule has 7 heteroatoms. The molecule has 0 atom stereocenters. The molecule has 0 saturated carbocycles. The Bertz CT molecular complexity index is 860. The van der Waals surface area contributed by atoms with Gasteiger partial charge in [-0.05, 0) is 32.9 Å². The number of phenols is 1. The van der Waals surface area contributed by atoms with Crippen molar-refractivity contribution in [2.45, 2.75) is 27.3 Å². The van der Waals surface area contributed by atoms with Crippen molar-refractivity contribution in [3.05, 3.63) is 47.3 Å². The van der Waals surface area contributed by atoms with Gasteiger partial charge in [0.15, 0.2) is 5.96 Å². The highest BCUT2D eigenvalue weighted by Crippen LogP contribution is 2.27. The van der Waals surface area contributed by atoms with Crippen LogP contribution in [0.25, 0.3) is 0 Å². The van der Waals surface area contributed by atoms with Gasteiger partial charge in [-0.15, -0.1) is 0 Å². The molecule has 0 bridgehead atoms. The number of hydrogen-bond donors (Lipinski definition) is 2. The summed E-state index contributed by atoms with van der Waals surface area (Å²) >= 11 is 0. The quantitative estimate of drug-likeness (QED) is 0.597. The molecule has 1 aliphatic rings. The van der Waals surface area contributed by atoms with Gasteiger partial charge in [-0.3, -0.25) is 4.98 Å². The number of nitrogens with one attached hydrogen (secondary N) is 1. The van der Waals surface area contributed by atoms with Crippen LogP contribution in [-0.2, 0) is 6.54 Å². The van der Waals surface area contributed by atoms with Gasteiger partial charge in [0.25, 0.3) is 0 Å². The lowest BCUT2D eigenvalue weighted by atomic mass is 10.1. The van der Waals surface area contributed by atoms with Gasteiger partial charge in [0.05, 0.1) is 25.0 Å². The number of guanidine groups is 1. The molecule has 2 heterocycles. The fraction of sp³-hybridized carbons (Fsp3) is 0.455. The number of anilines is 1. The van der Waals surface area contributed by atoms with Crippen LogP contribution in [-0.4, -0.2) is 60.8 Å². The maximum Gasteiger partial charge on any atom is 0.194 e. The highest BCUT2D eigenvalue weighted by atomic mass is 16.5. The number of phenolic OH excluding ortho intramolecular Hbond substituents is 1. The van der Waals surface area contributed by atoms with Crippen LogP contribution in [0, 0.1) is 13.8 Å². The Hall–Kier alpha value is -2.96. The average molecular weight is 398 g/mol. The molecule has 0 spiro atoms. The molecule has 0 amide bonds. The molecule has 156 valence electrons. The minimum atomic E-state index is 0.330. The van der Waals surface area contributed by atoms with Crippen molar-refractivity contribution in [2.24, 2.45) is 4.99 Å². The zero-order chi connectivity index (χ0) is 20.8. The summed E-state index contributed by atoms with van der Waals surface area (Å²) in [6.07, 6.45) is 1.84. The highest BCUT2D eigenvalue weighted by molar-refractivity contribution is 5.80. The summed E-state index contributed by atoms with van der Waals surface area (Å²) in [5, 5.41) is 13.5. The van der Waals surface area contributed by atoms with E-state index < -0.39 is 0 Å². The monoisotopic (exact) mass is 397 g/mol. The molecule has 0 unspecified atom stereocenters. The van der Waals surface area contributed by atoms with Crippen molar-refractivity contribution in [2.75, 3.05) is 44.7 Å². The number of para-hydroxylation sites is 2. The van der Waals surface area contributed by atoms with Crippen LogP contribution in [0.2, 0.25) is 0 Å². The number of aryl methyl sites for hydroxylation is 1. The molecule has 1 aliphatic heterocycles. The zero-order valence-corrected chi connectivity index (χ0v) is 17.8. The molecule has 2 N–H and O–H groups in total. The van der Waals surface area contributed by atoms with Crippen LogP contribution >= 0.6 is 0 Å². The zero-order valence-electron chi connectivity index (χ0n) is 17.8. The number of nitrogens with zero attached hydrogens (tertiary/aromatic N) is 4. The Morgan fingerprint density at radius 3 is 2.59 bits per heavy atom. The predicted molar refractivity (Wildman–Crippen MR) is 117 cm³/mol. The molecule has 1 aromatic heterocycles. The van der Waals surface area contributed by atoms with E-state index in [0.717, 1.165) is 66.9 Å². The second kappa shape index (κ2) is 9.49. The summed E-state index contributed by atoms with van der Waals surface area (Å²) < 4.78 is 5.51. The van der Waals surface area contributed by atoms with Gasteiger partial charge >= 0.3 is 0 Å². The van der Waals surface area contributed by atoms with E-state index in [1.54, 1.807) is 13.2 Å². The molecule has 2 aromatic rings. The first-order valence-electron chi connectivity index (χ1n) is 10.1. The van der Waals surface area contributed by atoms with Crippen LogP contribution < -0.4 is 15.0 Å². The van der Waals surface area contributed by atoms with E-state index >= 15 is 0 Å². The van der Waals surface area contributed by atoms with E-state index in [0.29, 0.717) is 12.3 Å². The first-order chi connectivity index (χ1) is 14.0. The fourth-order valence-electron chi connectivity index (χ4n) is 3.70. The number of aromatic hydroxyl groups is 1. The Labute approximate surface area is 173 Å². The van der Waals surface area contributed by atoms with Gasteiger partial charge in [0.2, 0.25) is 0 Å². The SMILES string of the molecule is CCNC(=NCc1ncc(C)c(OC)c1C)N1CCN(c2ccccc2O)CC1. The summed E-state index contributed by atoms with van der Waals surface area (Å²) in [4.78, 5) is 13.9. The Morgan fingerprint density at radius 1 is 1.21 bits per heavy atom. The molecule has 7 nitrogen and oxygen atoms in total.